The number of fused-ring (bicyclic) bond motifs is 1. The lowest BCUT2D eigenvalue weighted by atomic mass is 10.1. The van der Waals surface area contributed by atoms with Crippen molar-refractivity contribution in [3.8, 4) is 22.6 Å². The number of ketones is 1. The Morgan fingerprint density at radius 1 is 1.03 bits per heavy atom. The van der Waals surface area contributed by atoms with Crippen molar-refractivity contribution in [3.63, 3.8) is 0 Å². The predicted octanol–water partition coefficient (Wildman–Crippen LogP) is 3.04. The lowest BCUT2D eigenvalue weighted by molar-refractivity contribution is -0.136. The van der Waals surface area contributed by atoms with Crippen LogP contribution in [0.5, 0.6) is 11.5 Å². The third kappa shape index (κ3) is 4.05. The number of nitrogens with zero attached hydrogens (tertiary/aromatic N) is 1. The van der Waals surface area contributed by atoms with E-state index in [1.165, 1.54) is 6.26 Å². The standard InChI is InChI=1S/C23H21NO6/c1-28-17-4-2-15(3-5-17)20-13-30-21-12-18(6-7-19(21)23(20)27)29-14-22(26)24-10-8-16(25)9-11-24/h2-7,12-13H,8-11,14H2,1H3. The van der Waals surface area contributed by atoms with E-state index in [-0.39, 0.29) is 23.7 Å². The second-order valence-electron chi connectivity index (χ2n) is 7.07. The Balaban J connectivity index is 1.50. The zero-order chi connectivity index (χ0) is 21.1. The highest BCUT2D eigenvalue weighted by Gasteiger charge is 2.21. The minimum atomic E-state index is -0.168. The Bertz CT molecular complexity index is 1140. The number of benzene rings is 2. The zero-order valence-electron chi connectivity index (χ0n) is 16.6. The quantitative estimate of drug-likeness (QED) is 0.646. The van der Waals surface area contributed by atoms with E-state index in [4.69, 9.17) is 13.9 Å². The fourth-order valence-electron chi connectivity index (χ4n) is 3.41. The van der Waals surface area contributed by atoms with Crippen molar-refractivity contribution in [2.75, 3.05) is 26.8 Å². The molecule has 154 valence electrons. The molecule has 0 saturated carbocycles. The molecular formula is C23H21NO6. The monoisotopic (exact) mass is 407 g/mol. The molecule has 4 rings (SSSR count). The van der Waals surface area contributed by atoms with Crippen LogP contribution >= 0.6 is 0 Å². The van der Waals surface area contributed by atoms with Gasteiger partial charge in [-0.25, -0.2) is 0 Å². The molecule has 1 saturated heterocycles. The number of amides is 1. The summed E-state index contributed by atoms with van der Waals surface area (Å²) < 4.78 is 16.4. The Morgan fingerprint density at radius 3 is 2.43 bits per heavy atom. The highest BCUT2D eigenvalue weighted by atomic mass is 16.5. The maximum Gasteiger partial charge on any atom is 0.260 e. The molecule has 30 heavy (non-hydrogen) atoms. The SMILES string of the molecule is COc1ccc(-c2coc3cc(OCC(=O)N4CCC(=O)CC4)ccc3c2=O)cc1. The van der Waals surface area contributed by atoms with Gasteiger partial charge in [0.1, 0.15) is 29.1 Å². The van der Waals surface area contributed by atoms with Gasteiger partial charge in [0.2, 0.25) is 0 Å². The summed E-state index contributed by atoms with van der Waals surface area (Å²) in [6.45, 7) is 0.734. The van der Waals surface area contributed by atoms with Crippen molar-refractivity contribution in [1.29, 1.82) is 0 Å². The van der Waals surface area contributed by atoms with E-state index < -0.39 is 0 Å². The maximum absolute atomic E-state index is 12.9. The second kappa shape index (κ2) is 8.41. The molecule has 1 aliphatic rings. The molecule has 2 heterocycles. The van der Waals surface area contributed by atoms with Crippen molar-refractivity contribution >= 4 is 22.7 Å². The molecule has 1 fully saturated rings. The highest BCUT2D eigenvalue weighted by Crippen LogP contribution is 2.24. The summed E-state index contributed by atoms with van der Waals surface area (Å²) in [6.07, 6.45) is 2.21. The first-order valence-electron chi connectivity index (χ1n) is 9.67. The molecule has 0 atom stereocenters. The van der Waals surface area contributed by atoms with Gasteiger partial charge in [0.05, 0.1) is 18.1 Å². The van der Waals surface area contributed by atoms with Crippen molar-refractivity contribution < 1.29 is 23.5 Å². The number of carbonyl (C=O) groups is 2. The molecule has 0 unspecified atom stereocenters. The molecule has 3 aromatic rings. The largest absolute Gasteiger partial charge is 0.497 e. The van der Waals surface area contributed by atoms with Gasteiger partial charge < -0.3 is 18.8 Å². The first kappa shape index (κ1) is 19.7. The summed E-state index contributed by atoms with van der Waals surface area (Å²) in [7, 11) is 1.58. The van der Waals surface area contributed by atoms with Gasteiger partial charge in [-0.3, -0.25) is 14.4 Å². The van der Waals surface area contributed by atoms with E-state index in [1.54, 1.807) is 54.5 Å². The number of methoxy groups -OCH3 is 1. The number of hydrogen-bond donors (Lipinski definition) is 0. The molecular weight excluding hydrogens is 386 g/mol. The number of hydrogen-bond acceptors (Lipinski definition) is 6. The number of likely N-dealkylation sites (tertiary alicyclic amines) is 1. The van der Waals surface area contributed by atoms with Gasteiger partial charge in [-0.1, -0.05) is 12.1 Å². The van der Waals surface area contributed by atoms with Crippen molar-refractivity contribution in [2.24, 2.45) is 0 Å². The molecule has 1 aliphatic heterocycles. The molecule has 0 radical (unpaired) electrons. The fraction of sp³-hybridized carbons (Fsp3) is 0.261. The highest BCUT2D eigenvalue weighted by molar-refractivity contribution is 5.85. The van der Waals surface area contributed by atoms with E-state index in [0.717, 1.165) is 5.56 Å². The van der Waals surface area contributed by atoms with E-state index in [1.807, 2.05) is 0 Å². The van der Waals surface area contributed by atoms with Crippen LogP contribution in [0.4, 0.5) is 0 Å². The summed E-state index contributed by atoms with van der Waals surface area (Å²) in [5, 5.41) is 0.427. The topological polar surface area (TPSA) is 86.1 Å². The Labute approximate surface area is 172 Å². The van der Waals surface area contributed by atoms with E-state index in [2.05, 4.69) is 0 Å². The summed E-state index contributed by atoms with van der Waals surface area (Å²) in [5.74, 6) is 1.15. The second-order valence-corrected chi connectivity index (χ2v) is 7.07. The van der Waals surface area contributed by atoms with Crippen LogP contribution in [-0.2, 0) is 9.59 Å². The van der Waals surface area contributed by atoms with Gasteiger partial charge in [-0.05, 0) is 29.8 Å². The predicted molar refractivity (Wildman–Crippen MR) is 111 cm³/mol. The molecule has 0 spiro atoms. The van der Waals surface area contributed by atoms with Gasteiger partial charge >= 0.3 is 0 Å². The van der Waals surface area contributed by atoms with E-state index in [0.29, 0.717) is 54.0 Å². The Kier molecular flexibility index (Phi) is 5.52. The fourth-order valence-corrected chi connectivity index (χ4v) is 3.41. The van der Waals surface area contributed by atoms with E-state index >= 15 is 0 Å². The molecule has 0 N–H and O–H groups in total. The number of Topliss-reactive ketones (excluding diaryl/α,β-unsaturated/α-hetero) is 1. The summed E-state index contributed by atoms with van der Waals surface area (Å²) in [5.41, 5.74) is 1.42. The van der Waals surface area contributed by atoms with Crippen LogP contribution in [0.25, 0.3) is 22.1 Å². The molecule has 0 aliphatic carbocycles. The van der Waals surface area contributed by atoms with Gasteiger partial charge in [-0.2, -0.15) is 0 Å². The summed E-state index contributed by atoms with van der Waals surface area (Å²) in [4.78, 5) is 38.0. The number of carbonyl (C=O) groups excluding carboxylic acids is 2. The van der Waals surface area contributed by atoms with Crippen LogP contribution in [0.3, 0.4) is 0 Å². The minimum Gasteiger partial charge on any atom is -0.497 e. The Morgan fingerprint density at radius 2 is 1.73 bits per heavy atom. The number of rotatable bonds is 5. The van der Waals surface area contributed by atoms with Crippen LogP contribution in [0.1, 0.15) is 12.8 Å². The minimum absolute atomic E-state index is 0.131. The molecule has 7 heteroatoms. The first-order valence-corrected chi connectivity index (χ1v) is 9.67. The molecule has 1 aromatic heterocycles. The van der Waals surface area contributed by atoms with Crippen molar-refractivity contribution in [3.05, 3.63) is 59.0 Å². The van der Waals surface area contributed by atoms with Crippen LogP contribution in [0, 0.1) is 0 Å². The maximum atomic E-state index is 12.9. The van der Waals surface area contributed by atoms with Crippen molar-refractivity contribution in [1.82, 2.24) is 4.90 Å². The van der Waals surface area contributed by atoms with Gasteiger partial charge in [-0.15, -0.1) is 0 Å². The van der Waals surface area contributed by atoms with E-state index in [9.17, 15) is 14.4 Å². The van der Waals surface area contributed by atoms with Gasteiger partial charge in [0.25, 0.3) is 5.91 Å². The molecule has 2 aromatic carbocycles. The molecule has 7 nitrogen and oxygen atoms in total. The lowest BCUT2D eigenvalue weighted by Gasteiger charge is -2.25. The van der Waals surface area contributed by atoms with Gasteiger partial charge in [0.15, 0.2) is 12.0 Å². The zero-order valence-corrected chi connectivity index (χ0v) is 16.6. The third-order valence-corrected chi connectivity index (χ3v) is 5.18. The summed E-state index contributed by atoms with van der Waals surface area (Å²) >= 11 is 0. The first-order chi connectivity index (χ1) is 14.5. The third-order valence-electron chi connectivity index (χ3n) is 5.18. The number of ether oxygens (including phenoxy) is 2. The van der Waals surface area contributed by atoms with Crippen LogP contribution in [0.15, 0.2) is 57.9 Å². The lowest BCUT2D eigenvalue weighted by Crippen LogP contribution is -2.41. The van der Waals surface area contributed by atoms with Crippen LogP contribution in [-0.4, -0.2) is 43.4 Å². The van der Waals surface area contributed by atoms with Crippen molar-refractivity contribution in [2.45, 2.75) is 12.8 Å². The smallest absolute Gasteiger partial charge is 0.260 e. The summed E-state index contributed by atoms with van der Waals surface area (Å²) in [6, 6.07) is 12.0. The Hall–Kier alpha value is -3.61. The van der Waals surface area contributed by atoms with Crippen LogP contribution < -0.4 is 14.9 Å². The molecule has 0 bridgehead atoms. The number of piperidine rings is 1. The average molecular weight is 407 g/mol. The van der Waals surface area contributed by atoms with Crippen LogP contribution in [0.2, 0.25) is 0 Å². The average Bonchev–Trinajstić information content (AvgIpc) is 2.78. The molecule has 1 amide bonds. The van der Waals surface area contributed by atoms with Gasteiger partial charge in [0, 0.05) is 32.0 Å². The normalized spacial score (nSPS) is 14.0.